The van der Waals surface area contributed by atoms with Gasteiger partial charge in [0.25, 0.3) is 5.91 Å². The standard InChI is InChI=1S/C18H28N2O3/c1-11(2)13-7-14(12(3)4)16(21)15(8-13)17(22)20-10-18(23)5-6-19-9-18/h7-8,11-12,19,21,23H,5-6,9-10H2,1-4H3,(H,20,22)/t18-/m0/s1. The highest BCUT2D eigenvalue weighted by Crippen LogP contribution is 2.33. The second-order valence-corrected chi connectivity index (χ2v) is 7.15. The molecule has 1 aliphatic heterocycles. The minimum absolute atomic E-state index is 0.0402. The maximum absolute atomic E-state index is 12.5. The highest BCUT2D eigenvalue weighted by atomic mass is 16.3. The van der Waals surface area contributed by atoms with Crippen LogP contribution in [0.5, 0.6) is 5.75 Å². The second kappa shape index (κ2) is 6.89. The summed E-state index contributed by atoms with van der Waals surface area (Å²) >= 11 is 0. The Morgan fingerprint density at radius 1 is 1.30 bits per heavy atom. The van der Waals surface area contributed by atoms with Crippen LogP contribution in [0.1, 0.15) is 67.4 Å². The third-order valence-electron chi connectivity index (χ3n) is 4.49. The van der Waals surface area contributed by atoms with E-state index in [-0.39, 0.29) is 35.6 Å². The third kappa shape index (κ3) is 4.03. The van der Waals surface area contributed by atoms with Crippen molar-refractivity contribution < 1.29 is 15.0 Å². The van der Waals surface area contributed by atoms with E-state index in [1.807, 2.05) is 19.9 Å². The lowest BCUT2D eigenvalue weighted by Gasteiger charge is -2.22. The Kier molecular flexibility index (Phi) is 5.32. The van der Waals surface area contributed by atoms with Gasteiger partial charge in [-0.25, -0.2) is 0 Å². The number of carbonyl (C=O) groups is 1. The van der Waals surface area contributed by atoms with E-state index in [0.29, 0.717) is 13.0 Å². The van der Waals surface area contributed by atoms with Crippen LogP contribution in [-0.2, 0) is 0 Å². The highest BCUT2D eigenvalue weighted by Gasteiger charge is 2.31. The molecule has 4 N–H and O–H groups in total. The molecule has 128 valence electrons. The highest BCUT2D eigenvalue weighted by molar-refractivity contribution is 5.97. The fraction of sp³-hybridized carbons (Fsp3) is 0.611. The number of aliphatic hydroxyl groups is 1. The van der Waals surface area contributed by atoms with Gasteiger partial charge in [0.15, 0.2) is 0 Å². The summed E-state index contributed by atoms with van der Waals surface area (Å²) in [6.45, 7) is 9.51. The van der Waals surface area contributed by atoms with Crippen molar-refractivity contribution in [3.8, 4) is 5.75 Å². The first kappa shape index (κ1) is 17.8. The van der Waals surface area contributed by atoms with Crippen LogP contribution in [0.15, 0.2) is 12.1 Å². The minimum atomic E-state index is -0.901. The number of hydrogen-bond donors (Lipinski definition) is 4. The van der Waals surface area contributed by atoms with Gasteiger partial charge < -0.3 is 20.8 Å². The monoisotopic (exact) mass is 320 g/mol. The average molecular weight is 320 g/mol. The number of β-amino-alcohol motifs (C(OH)–C–C–N with tert-alkyl or cyclic N) is 1. The fourth-order valence-corrected chi connectivity index (χ4v) is 2.85. The van der Waals surface area contributed by atoms with Gasteiger partial charge in [0.05, 0.1) is 11.2 Å². The number of phenolic OH excluding ortho intramolecular Hbond substituents is 1. The van der Waals surface area contributed by atoms with E-state index in [0.717, 1.165) is 17.7 Å². The maximum Gasteiger partial charge on any atom is 0.255 e. The smallest absolute Gasteiger partial charge is 0.255 e. The van der Waals surface area contributed by atoms with Gasteiger partial charge in [0.2, 0.25) is 0 Å². The summed E-state index contributed by atoms with van der Waals surface area (Å²) in [4.78, 5) is 12.5. The number of phenols is 1. The van der Waals surface area contributed by atoms with Crippen molar-refractivity contribution in [1.29, 1.82) is 0 Å². The Labute approximate surface area is 138 Å². The topological polar surface area (TPSA) is 81.6 Å². The zero-order chi connectivity index (χ0) is 17.2. The summed E-state index contributed by atoms with van der Waals surface area (Å²) < 4.78 is 0. The van der Waals surface area contributed by atoms with Gasteiger partial charge in [-0.1, -0.05) is 33.8 Å². The van der Waals surface area contributed by atoms with E-state index in [1.165, 1.54) is 0 Å². The molecule has 5 nitrogen and oxygen atoms in total. The molecule has 5 heteroatoms. The molecule has 1 fully saturated rings. The Morgan fingerprint density at radius 3 is 2.52 bits per heavy atom. The van der Waals surface area contributed by atoms with E-state index < -0.39 is 5.60 Å². The molecule has 1 atom stereocenters. The van der Waals surface area contributed by atoms with Crippen LogP contribution in [0.3, 0.4) is 0 Å². The van der Waals surface area contributed by atoms with Crippen molar-refractivity contribution in [2.45, 2.75) is 51.6 Å². The van der Waals surface area contributed by atoms with Crippen molar-refractivity contribution in [2.75, 3.05) is 19.6 Å². The normalized spacial score (nSPS) is 21.2. The van der Waals surface area contributed by atoms with Crippen molar-refractivity contribution in [2.24, 2.45) is 0 Å². The summed E-state index contributed by atoms with van der Waals surface area (Å²) in [6.07, 6.45) is 0.614. The first-order valence-corrected chi connectivity index (χ1v) is 8.31. The Balaban J connectivity index is 2.24. The summed E-state index contributed by atoms with van der Waals surface area (Å²) in [5.41, 5.74) is 1.19. The SMILES string of the molecule is CC(C)c1cc(C(=O)NC[C@]2(O)CCNC2)c(O)c(C(C)C)c1. The number of hydrogen-bond acceptors (Lipinski definition) is 4. The van der Waals surface area contributed by atoms with Crippen molar-refractivity contribution in [3.63, 3.8) is 0 Å². The molecule has 0 spiro atoms. The number of aromatic hydroxyl groups is 1. The predicted molar refractivity (Wildman–Crippen MR) is 91.1 cm³/mol. The van der Waals surface area contributed by atoms with Crippen LogP contribution in [0.25, 0.3) is 0 Å². The maximum atomic E-state index is 12.5. The Hall–Kier alpha value is -1.59. The van der Waals surface area contributed by atoms with Gasteiger partial charge in [-0.15, -0.1) is 0 Å². The van der Waals surface area contributed by atoms with Crippen LogP contribution < -0.4 is 10.6 Å². The van der Waals surface area contributed by atoms with Gasteiger partial charge in [-0.3, -0.25) is 4.79 Å². The van der Waals surface area contributed by atoms with E-state index >= 15 is 0 Å². The lowest BCUT2D eigenvalue weighted by Crippen LogP contribution is -2.44. The van der Waals surface area contributed by atoms with Crippen LogP contribution in [0.2, 0.25) is 0 Å². The average Bonchev–Trinajstić information content (AvgIpc) is 2.91. The number of benzene rings is 1. The van der Waals surface area contributed by atoms with Crippen LogP contribution in [0.4, 0.5) is 0 Å². The molecular formula is C18H28N2O3. The molecule has 2 rings (SSSR count). The van der Waals surface area contributed by atoms with Crippen molar-refractivity contribution in [3.05, 3.63) is 28.8 Å². The molecule has 0 bridgehead atoms. The molecule has 1 aromatic rings. The van der Waals surface area contributed by atoms with E-state index in [1.54, 1.807) is 6.07 Å². The molecule has 0 aliphatic carbocycles. The molecule has 1 heterocycles. The van der Waals surface area contributed by atoms with Crippen LogP contribution in [-0.4, -0.2) is 41.4 Å². The summed E-state index contributed by atoms with van der Waals surface area (Å²) in [6, 6.07) is 3.72. The van der Waals surface area contributed by atoms with Gasteiger partial charge in [0, 0.05) is 13.1 Å². The summed E-state index contributed by atoms with van der Waals surface area (Å²) in [5.74, 6) is 0.0944. The number of carbonyl (C=O) groups excluding carboxylic acids is 1. The first-order valence-electron chi connectivity index (χ1n) is 8.31. The molecule has 23 heavy (non-hydrogen) atoms. The number of nitrogens with one attached hydrogen (secondary N) is 2. The Bertz CT molecular complexity index is 576. The molecule has 1 amide bonds. The van der Waals surface area contributed by atoms with E-state index in [9.17, 15) is 15.0 Å². The van der Waals surface area contributed by atoms with E-state index in [2.05, 4.69) is 24.5 Å². The predicted octanol–water partition coefficient (Wildman–Crippen LogP) is 2.09. The van der Waals surface area contributed by atoms with Gasteiger partial charge >= 0.3 is 0 Å². The molecule has 1 aliphatic rings. The lowest BCUT2D eigenvalue weighted by molar-refractivity contribution is 0.0561. The Morgan fingerprint density at radius 2 is 2.00 bits per heavy atom. The number of amides is 1. The molecule has 0 radical (unpaired) electrons. The van der Waals surface area contributed by atoms with Gasteiger partial charge in [-0.05, 0) is 42.0 Å². The van der Waals surface area contributed by atoms with Crippen molar-refractivity contribution in [1.82, 2.24) is 10.6 Å². The van der Waals surface area contributed by atoms with Gasteiger partial charge in [0.1, 0.15) is 5.75 Å². The minimum Gasteiger partial charge on any atom is -0.507 e. The first-order chi connectivity index (χ1) is 10.7. The third-order valence-corrected chi connectivity index (χ3v) is 4.49. The number of rotatable bonds is 5. The van der Waals surface area contributed by atoms with Crippen LogP contribution >= 0.6 is 0 Å². The molecular weight excluding hydrogens is 292 g/mol. The van der Waals surface area contributed by atoms with Gasteiger partial charge in [-0.2, -0.15) is 0 Å². The fourth-order valence-electron chi connectivity index (χ4n) is 2.85. The molecule has 1 saturated heterocycles. The zero-order valence-corrected chi connectivity index (χ0v) is 14.4. The zero-order valence-electron chi connectivity index (χ0n) is 14.4. The van der Waals surface area contributed by atoms with E-state index in [4.69, 9.17) is 0 Å². The molecule has 0 unspecified atom stereocenters. The molecule has 0 aromatic heterocycles. The largest absolute Gasteiger partial charge is 0.507 e. The van der Waals surface area contributed by atoms with Crippen LogP contribution in [0, 0.1) is 0 Å². The summed E-state index contributed by atoms with van der Waals surface area (Å²) in [7, 11) is 0. The molecule has 0 saturated carbocycles. The molecule has 1 aromatic carbocycles. The lowest BCUT2D eigenvalue weighted by atomic mass is 9.91. The summed E-state index contributed by atoms with van der Waals surface area (Å²) in [5, 5.41) is 26.6. The quantitative estimate of drug-likeness (QED) is 0.670. The van der Waals surface area contributed by atoms with Crippen molar-refractivity contribution >= 4 is 5.91 Å². The second-order valence-electron chi connectivity index (χ2n) is 7.15.